The standard InChI is InChI=1S/C36H41N7O/c1-28-22-34(42-20-16-40(17-21-42)25-31-8-12-38-13-9-31)23-32-27-43(36(44)35(28)32)26-29-2-4-33(5-3-29)41-18-14-39(15-19-41)24-30-6-10-37-11-7-30/h2-13,22-23,27,44H,14-21,24-26H2,1H3. The summed E-state index contributed by atoms with van der Waals surface area (Å²) in [5.74, 6) is 0.348. The maximum absolute atomic E-state index is 11.2. The second kappa shape index (κ2) is 12.7. The zero-order valence-corrected chi connectivity index (χ0v) is 25.5. The Balaban J connectivity index is 0.972. The smallest absolute Gasteiger partial charge is 0.199 e. The first-order valence-corrected chi connectivity index (χ1v) is 15.7. The van der Waals surface area contributed by atoms with Crippen molar-refractivity contribution in [2.24, 2.45) is 0 Å². The molecule has 1 N–H and O–H groups in total. The summed E-state index contributed by atoms with van der Waals surface area (Å²) < 4.78 is 1.99. The predicted octanol–water partition coefficient (Wildman–Crippen LogP) is 5.14. The van der Waals surface area contributed by atoms with Crippen molar-refractivity contribution in [1.82, 2.24) is 24.3 Å². The molecule has 2 fully saturated rings. The number of rotatable bonds is 8. The van der Waals surface area contributed by atoms with Crippen molar-refractivity contribution in [1.29, 1.82) is 0 Å². The lowest BCUT2D eigenvalue weighted by atomic mass is 10.1. The number of aromatic nitrogens is 3. The molecule has 0 bridgehead atoms. The number of pyridine rings is 2. The van der Waals surface area contributed by atoms with E-state index in [1.54, 1.807) is 0 Å². The molecule has 8 heteroatoms. The normalized spacial score (nSPS) is 16.6. The highest BCUT2D eigenvalue weighted by molar-refractivity contribution is 5.93. The van der Waals surface area contributed by atoms with Crippen molar-refractivity contribution in [2.75, 3.05) is 62.2 Å². The summed E-state index contributed by atoms with van der Waals surface area (Å²) in [5.41, 5.74) is 7.44. The third-order valence-corrected chi connectivity index (χ3v) is 9.22. The van der Waals surface area contributed by atoms with Crippen LogP contribution in [0.3, 0.4) is 0 Å². The van der Waals surface area contributed by atoms with Gasteiger partial charge in [0, 0.05) is 119 Å². The van der Waals surface area contributed by atoms with Crippen LogP contribution in [0.1, 0.15) is 22.3 Å². The van der Waals surface area contributed by atoms with E-state index in [9.17, 15) is 5.11 Å². The molecular weight excluding hydrogens is 546 g/mol. The molecule has 0 aliphatic carbocycles. The van der Waals surface area contributed by atoms with Gasteiger partial charge >= 0.3 is 0 Å². The average molecular weight is 588 g/mol. The zero-order chi connectivity index (χ0) is 29.9. The molecule has 5 heterocycles. The van der Waals surface area contributed by atoms with E-state index in [-0.39, 0.29) is 0 Å². The number of hydrogen-bond donors (Lipinski definition) is 1. The minimum Gasteiger partial charge on any atom is -0.494 e. The Labute approximate surface area is 259 Å². The maximum Gasteiger partial charge on any atom is 0.199 e. The molecule has 0 amide bonds. The number of nitrogens with zero attached hydrogens (tertiary/aromatic N) is 7. The molecule has 226 valence electrons. The minimum absolute atomic E-state index is 0.348. The summed E-state index contributed by atoms with van der Waals surface area (Å²) in [4.78, 5) is 18.2. The topological polar surface area (TPSA) is 63.9 Å². The van der Waals surface area contributed by atoms with E-state index >= 15 is 0 Å². The van der Waals surface area contributed by atoms with Gasteiger partial charge < -0.3 is 19.5 Å². The molecule has 5 aromatic rings. The Bertz CT molecular complexity index is 1670. The number of benzene rings is 2. The fourth-order valence-corrected chi connectivity index (χ4v) is 6.71. The fourth-order valence-electron chi connectivity index (χ4n) is 6.71. The lowest BCUT2D eigenvalue weighted by molar-refractivity contribution is 0.250. The van der Waals surface area contributed by atoms with Crippen molar-refractivity contribution in [3.05, 3.63) is 114 Å². The van der Waals surface area contributed by atoms with Crippen molar-refractivity contribution in [3.8, 4) is 5.88 Å². The summed E-state index contributed by atoms with van der Waals surface area (Å²) in [7, 11) is 0. The SMILES string of the molecule is Cc1cc(N2CCN(Cc3ccncc3)CC2)cc2cn(Cc3ccc(N4CCN(Cc5ccncc5)CC4)cc3)c(O)c12. The molecule has 0 saturated carbocycles. The molecule has 0 spiro atoms. The number of piperazine rings is 2. The van der Waals surface area contributed by atoms with Crippen LogP contribution in [-0.2, 0) is 19.6 Å². The van der Waals surface area contributed by atoms with Crippen molar-refractivity contribution in [2.45, 2.75) is 26.6 Å². The van der Waals surface area contributed by atoms with Crippen LogP contribution in [-0.4, -0.2) is 81.8 Å². The molecule has 0 atom stereocenters. The van der Waals surface area contributed by atoms with Gasteiger partial charge in [0.15, 0.2) is 5.88 Å². The van der Waals surface area contributed by atoms with Gasteiger partial charge in [-0.25, -0.2) is 0 Å². The van der Waals surface area contributed by atoms with Crippen molar-refractivity contribution in [3.63, 3.8) is 0 Å². The van der Waals surface area contributed by atoms with Crippen LogP contribution in [0.4, 0.5) is 11.4 Å². The molecule has 44 heavy (non-hydrogen) atoms. The molecule has 3 aromatic heterocycles. The van der Waals surface area contributed by atoms with Crippen LogP contribution in [0, 0.1) is 6.92 Å². The Morgan fingerprint density at radius 1 is 0.591 bits per heavy atom. The lowest BCUT2D eigenvalue weighted by Gasteiger charge is -2.36. The van der Waals surface area contributed by atoms with E-state index in [4.69, 9.17) is 0 Å². The number of anilines is 2. The molecule has 0 unspecified atom stereocenters. The van der Waals surface area contributed by atoms with Gasteiger partial charge in [-0.1, -0.05) is 12.1 Å². The van der Waals surface area contributed by atoms with E-state index in [2.05, 4.69) is 103 Å². The van der Waals surface area contributed by atoms with Crippen LogP contribution in [0.2, 0.25) is 0 Å². The van der Waals surface area contributed by atoms with E-state index in [0.717, 1.165) is 81.8 Å². The molecule has 7 rings (SSSR count). The highest BCUT2D eigenvalue weighted by Gasteiger charge is 2.21. The van der Waals surface area contributed by atoms with Gasteiger partial charge in [0.25, 0.3) is 0 Å². The first kappa shape index (κ1) is 28.4. The summed E-state index contributed by atoms with van der Waals surface area (Å²) in [6.45, 7) is 12.9. The van der Waals surface area contributed by atoms with Crippen LogP contribution >= 0.6 is 0 Å². The van der Waals surface area contributed by atoms with E-state index in [0.29, 0.717) is 12.4 Å². The first-order valence-electron chi connectivity index (χ1n) is 15.7. The monoisotopic (exact) mass is 587 g/mol. The second-order valence-corrected chi connectivity index (χ2v) is 12.2. The van der Waals surface area contributed by atoms with Gasteiger partial charge in [-0.15, -0.1) is 0 Å². The molecule has 2 saturated heterocycles. The summed E-state index contributed by atoms with van der Waals surface area (Å²) >= 11 is 0. The van der Waals surface area contributed by atoms with Crippen LogP contribution in [0.15, 0.2) is 91.6 Å². The van der Waals surface area contributed by atoms with Gasteiger partial charge in [-0.3, -0.25) is 19.8 Å². The maximum atomic E-state index is 11.2. The predicted molar refractivity (Wildman–Crippen MR) is 177 cm³/mol. The molecule has 8 nitrogen and oxygen atoms in total. The summed E-state index contributed by atoms with van der Waals surface area (Å²) in [6, 6.07) is 21.7. The van der Waals surface area contributed by atoms with Gasteiger partial charge in [0.1, 0.15) is 0 Å². The van der Waals surface area contributed by atoms with Gasteiger partial charge in [0.05, 0.1) is 6.54 Å². The Morgan fingerprint density at radius 3 is 1.64 bits per heavy atom. The molecule has 2 aliphatic rings. The molecule has 2 aromatic carbocycles. The Morgan fingerprint density at radius 2 is 1.09 bits per heavy atom. The summed E-state index contributed by atoms with van der Waals surface area (Å²) in [6.07, 6.45) is 9.59. The minimum atomic E-state index is 0.348. The van der Waals surface area contributed by atoms with E-state index in [1.165, 1.54) is 28.1 Å². The second-order valence-electron chi connectivity index (χ2n) is 12.2. The van der Waals surface area contributed by atoms with Crippen LogP contribution < -0.4 is 9.80 Å². The highest BCUT2D eigenvalue weighted by atomic mass is 16.3. The third-order valence-electron chi connectivity index (χ3n) is 9.22. The number of aryl methyl sites for hydroxylation is 1. The Hall–Kier alpha value is -4.40. The fraction of sp³-hybridized carbons (Fsp3) is 0.333. The Kier molecular flexibility index (Phi) is 8.18. The molecular formula is C36H41N7O. The largest absolute Gasteiger partial charge is 0.494 e. The van der Waals surface area contributed by atoms with Crippen LogP contribution in [0.25, 0.3) is 10.8 Å². The quantitative estimate of drug-likeness (QED) is 0.270. The van der Waals surface area contributed by atoms with E-state index in [1.807, 2.05) is 29.4 Å². The van der Waals surface area contributed by atoms with Crippen molar-refractivity contribution < 1.29 is 5.11 Å². The average Bonchev–Trinajstić information content (AvgIpc) is 3.38. The summed E-state index contributed by atoms with van der Waals surface area (Å²) in [5, 5.41) is 13.3. The number of aromatic hydroxyl groups is 1. The van der Waals surface area contributed by atoms with Crippen molar-refractivity contribution >= 4 is 22.1 Å². The first-order chi connectivity index (χ1) is 21.6. The van der Waals surface area contributed by atoms with Gasteiger partial charge in [-0.2, -0.15) is 0 Å². The third kappa shape index (κ3) is 6.27. The number of fused-ring (bicyclic) bond motifs is 1. The molecule has 2 aliphatic heterocycles. The number of hydrogen-bond acceptors (Lipinski definition) is 7. The zero-order valence-electron chi connectivity index (χ0n) is 25.5. The lowest BCUT2D eigenvalue weighted by Crippen LogP contribution is -2.46. The van der Waals surface area contributed by atoms with E-state index < -0.39 is 0 Å². The van der Waals surface area contributed by atoms with Gasteiger partial charge in [0.2, 0.25) is 0 Å². The molecule has 0 radical (unpaired) electrons. The van der Waals surface area contributed by atoms with Gasteiger partial charge in [-0.05, 0) is 77.7 Å². The highest BCUT2D eigenvalue weighted by Crippen LogP contribution is 2.35. The van der Waals surface area contributed by atoms with Crippen LogP contribution in [0.5, 0.6) is 5.88 Å².